The summed E-state index contributed by atoms with van der Waals surface area (Å²) < 4.78 is 16.8. The molecule has 0 aromatic carbocycles. The van der Waals surface area contributed by atoms with E-state index in [0.717, 1.165) is 64.2 Å². The normalized spacial score (nSPS) is 12.1. The van der Waals surface area contributed by atoms with Gasteiger partial charge in [-0.25, -0.2) is 0 Å². The van der Waals surface area contributed by atoms with Crippen molar-refractivity contribution in [1.82, 2.24) is 0 Å². The van der Waals surface area contributed by atoms with Gasteiger partial charge in [0.25, 0.3) is 0 Å². The van der Waals surface area contributed by atoms with E-state index in [0.29, 0.717) is 19.3 Å². The van der Waals surface area contributed by atoms with Crippen LogP contribution in [0.4, 0.5) is 0 Å². The number of hydrogen-bond donors (Lipinski definition) is 0. The first-order valence-electron chi connectivity index (χ1n) is 31.8. The Balaban J connectivity index is 3.84. The Hall–Kier alpha value is -2.11. The first-order chi connectivity index (χ1) is 35.0. The zero-order valence-electron chi connectivity index (χ0n) is 48.0. The van der Waals surface area contributed by atoms with Crippen LogP contribution < -0.4 is 0 Å². The number of rotatable bonds is 59. The van der Waals surface area contributed by atoms with Crippen LogP contribution in [0.3, 0.4) is 0 Å². The van der Waals surface area contributed by atoms with Gasteiger partial charge in [0.2, 0.25) is 0 Å². The molecular formula is C65H122O6. The fourth-order valence-corrected chi connectivity index (χ4v) is 9.60. The molecule has 0 rings (SSSR count). The monoisotopic (exact) mass is 999 g/mol. The Morgan fingerprint density at radius 2 is 0.479 bits per heavy atom. The first-order valence-corrected chi connectivity index (χ1v) is 31.8. The van der Waals surface area contributed by atoms with Crippen LogP contribution in [0.25, 0.3) is 0 Å². The molecule has 1 unspecified atom stereocenters. The second-order valence-corrected chi connectivity index (χ2v) is 21.7. The number of hydrogen-bond acceptors (Lipinski definition) is 6. The van der Waals surface area contributed by atoms with Crippen molar-refractivity contribution in [2.45, 2.75) is 361 Å². The lowest BCUT2D eigenvalue weighted by Crippen LogP contribution is -2.30. The third kappa shape index (κ3) is 58.7. The lowest BCUT2D eigenvalue weighted by molar-refractivity contribution is -0.167. The van der Waals surface area contributed by atoms with Gasteiger partial charge in [0.15, 0.2) is 6.10 Å². The predicted molar refractivity (Wildman–Crippen MR) is 307 cm³/mol. The number of ether oxygens (including phenoxy) is 3. The van der Waals surface area contributed by atoms with Crippen LogP contribution in [0.15, 0.2) is 24.3 Å². The number of unbranched alkanes of at least 4 members (excludes halogenated alkanes) is 44. The Bertz CT molecular complexity index is 1150. The van der Waals surface area contributed by atoms with Gasteiger partial charge in [-0.1, -0.05) is 295 Å². The summed E-state index contributed by atoms with van der Waals surface area (Å²) in [6.45, 7) is 6.59. The molecule has 0 N–H and O–H groups in total. The third-order valence-electron chi connectivity index (χ3n) is 14.4. The predicted octanol–water partition coefficient (Wildman–Crippen LogP) is 21.4. The average Bonchev–Trinajstić information content (AvgIpc) is 3.37. The quantitative estimate of drug-likeness (QED) is 0.0261. The molecule has 0 saturated carbocycles. The number of allylic oxidation sites excluding steroid dienone is 4. The molecule has 0 heterocycles. The maximum Gasteiger partial charge on any atom is 0.306 e. The number of carbonyl (C=O) groups is 3. The minimum Gasteiger partial charge on any atom is -0.462 e. The second kappa shape index (κ2) is 60.4. The Morgan fingerprint density at radius 1 is 0.268 bits per heavy atom. The molecule has 0 radical (unpaired) electrons. The molecule has 0 spiro atoms. The van der Waals surface area contributed by atoms with Crippen LogP contribution in [-0.4, -0.2) is 37.2 Å². The second-order valence-electron chi connectivity index (χ2n) is 21.7. The van der Waals surface area contributed by atoms with Crippen molar-refractivity contribution in [3.05, 3.63) is 24.3 Å². The molecule has 0 aliphatic carbocycles. The van der Waals surface area contributed by atoms with Crippen LogP contribution >= 0.6 is 0 Å². The highest BCUT2D eigenvalue weighted by Gasteiger charge is 2.19. The topological polar surface area (TPSA) is 78.9 Å². The highest BCUT2D eigenvalue weighted by atomic mass is 16.6. The van der Waals surface area contributed by atoms with Gasteiger partial charge >= 0.3 is 17.9 Å². The highest BCUT2D eigenvalue weighted by molar-refractivity contribution is 5.71. The summed E-state index contributed by atoms with van der Waals surface area (Å²) in [6.07, 6.45) is 72.5. The van der Waals surface area contributed by atoms with Gasteiger partial charge in [-0.05, 0) is 64.2 Å². The van der Waals surface area contributed by atoms with E-state index in [1.54, 1.807) is 0 Å². The molecule has 0 aromatic rings. The maximum absolute atomic E-state index is 12.7. The van der Waals surface area contributed by atoms with Crippen LogP contribution in [0.2, 0.25) is 0 Å². The number of carbonyl (C=O) groups excluding carboxylic acids is 3. The lowest BCUT2D eigenvalue weighted by atomic mass is 10.0. The van der Waals surface area contributed by atoms with Crippen LogP contribution in [-0.2, 0) is 28.6 Å². The van der Waals surface area contributed by atoms with Gasteiger partial charge in [-0.2, -0.15) is 0 Å². The van der Waals surface area contributed by atoms with Gasteiger partial charge in [0.1, 0.15) is 13.2 Å². The van der Waals surface area contributed by atoms with E-state index in [1.165, 1.54) is 250 Å². The van der Waals surface area contributed by atoms with E-state index < -0.39 is 6.10 Å². The fourth-order valence-electron chi connectivity index (χ4n) is 9.60. The van der Waals surface area contributed by atoms with Crippen LogP contribution in [0.1, 0.15) is 355 Å². The molecule has 0 fully saturated rings. The summed E-state index contributed by atoms with van der Waals surface area (Å²) in [5.41, 5.74) is 0. The molecule has 0 aromatic heterocycles. The molecule has 0 saturated heterocycles. The zero-order chi connectivity index (χ0) is 51.4. The molecule has 71 heavy (non-hydrogen) atoms. The van der Waals surface area contributed by atoms with Crippen molar-refractivity contribution in [2.75, 3.05) is 13.2 Å². The fraction of sp³-hybridized carbons (Fsp3) is 0.892. The first kappa shape index (κ1) is 68.9. The van der Waals surface area contributed by atoms with E-state index in [4.69, 9.17) is 14.2 Å². The molecule has 0 amide bonds. The summed E-state index contributed by atoms with van der Waals surface area (Å²) in [7, 11) is 0. The van der Waals surface area contributed by atoms with Crippen molar-refractivity contribution in [3.63, 3.8) is 0 Å². The van der Waals surface area contributed by atoms with Crippen LogP contribution in [0, 0.1) is 0 Å². The third-order valence-corrected chi connectivity index (χ3v) is 14.4. The molecular weight excluding hydrogens is 877 g/mol. The molecule has 418 valence electrons. The van der Waals surface area contributed by atoms with Crippen molar-refractivity contribution >= 4 is 17.9 Å². The van der Waals surface area contributed by atoms with Crippen molar-refractivity contribution in [2.24, 2.45) is 0 Å². The molecule has 1 atom stereocenters. The summed E-state index contributed by atoms with van der Waals surface area (Å²) in [5.74, 6) is -0.870. The summed E-state index contributed by atoms with van der Waals surface area (Å²) >= 11 is 0. The van der Waals surface area contributed by atoms with Gasteiger partial charge in [0, 0.05) is 19.3 Å². The molecule has 6 heteroatoms. The van der Waals surface area contributed by atoms with Gasteiger partial charge in [-0.3, -0.25) is 14.4 Å². The van der Waals surface area contributed by atoms with E-state index in [1.807, 2.05) is 0 Å². The minimum atomic E-state index is -0.768. The molecule has 0 aliphatic rings. The van der Waals surface area contributed by atoms with Crippen LogP contribution in [0.5, 0.6) is 0 Å². The highest BCUT2D eigenvalue weighted by Crippen LogP contribution is 2.18. The Labute approximate surface area is 443 Å². The lowest BCUT2D eigenvalue weighted by Gasteiger charge is -2.18. The molecule has 0 aliphatic heterocycles. The van der Waals surface area contributed by atoms with Gasteiger partial charge in [-0.15, -0.1) is 0 Å². The SMILES string of the molecule is CCCC/C=C\CCCCCCCC(=O)OC(COC(=O)CCCCCCCCC)COC(=O)CCCCCCCCCCCCCCCCCCCCCCCCC/C=C\CCCCCCCCCC. The average molecular weight is 1000 g/mol. The summed E-state index contributed by atoms with van der Waals surface area (Å²) in [5, 5.41) is 0. The Morgan fingerprint density at radius 3 is 0.746 bits per heavy atom. The van der Waals surface area contributed by atoms with Gasteiger partial charge < -0.3 is 14.2 Å². The van der Waals surface area contributed by atoms with Gasteiger partial charge in [0.05, 0.1) is 0 Å². The van der Waals surface area contributed by atoms with Crippen molar-refractivity contribution in [1.29, 1.82) is 0 Å². The van der Waals surface area contributed by atoms with Crippen molar-refractivity contribution in [3.8, 4) is 0 Å². The number of esters is 3. The van der Waals surface area contributed by atoms with E-state index >= 15 is 0 Å². The molecule has 6 nitrogen and oxygen atoms in total. The standard InChI is InChI=1S/C65H122O6/c1-4-7-10-13-16-18-20-21-22-23-24-25-26-27-28-29-30-31-32-33-34-35-36-37-38-39-40-41-42-43-45-46-49-52-55-58-64(67)70-61-62(60-69-63(66)57-54-51-48-15-12-9-6-3)71-65(68)59-56-53-50-47-44-19-17-14-11-8-5-2/h14,17,23-24,62H,4-13,15-16,18-22,25-61H2,1-3H3/b17-14-,24-23-. The van der Waals surface area contributed by atoms with E-state index in [9.17, 15) is 14.4 Å². The smallest absolute Gasteiger partial charge is 0.306 e. The maximum atomic E-state index is 12.7. The van der Waals surface area contributed by atoms with E-state index in [2.05, 4.69) is 45.1 Å². The largest absolute Gasteiger partial charge is 0.462 e. The molecule has 0 bridgehead atoms. The van der Waals surface area contributed by atoms with E-state index in [-0.39, 0.29) is 31.1 Å². The minimum absolute atomic E-state index is 0.0699. The zero-order valence-corrected chi connectivity index (χ0v) is 48.0. The Kier molecular flexibility index (Phi) is 58.6. The summed E-state index contributed by atoms with van der Waals surface area (Å²) in [6, 6.07) is 0. The van der Waals surface area contributed by atoms with Crippen molar-refractivity contribution < 1.29 is 28.6 Å². The summed E-state index contributed by atoms with van der Waals surface area (Å²) in [4.78, 5) is 37.8.